The molecule has 4 rings (SSSR count). The molecule has 5 heteroatoms. The summed E-state index contributed by atoms with van der Waals surface area (Å²) in [5.74, 6) is -0.175. The molecule has 0 radical (unpaired) electrons. The number of nitrogens with zero attached hydrogens (tertiary/aromatic N) is 2. The molecule has 1 aromatic heterocycles. The van der Waals surface area contributed by atoms with Crippen molar-refractivity contribution >= 4 is 0 Å². The Balaban J connectivity index is 1.38. The lowest BCUT2D eigenvalue weighted by atomic mass is 10.1. The van der Waals surface area contributed by atoms with Gasteiger partial charge in [0.1, 0.15) is 5.82 Å². The predicted octanol–water partition coefficient (Wildman–Crippen LogP) is 3.17. The normalized spacial score (nSPS) is 26.5. The largest absolute Gasteiger partial charge is 0.373 e. The summed E-state index contributed by atoms with van der Waals surface area (Å²) in [6.07, 6.45) is 5.86. The van der Waals surface area contributed by atoms with Crippen molar-refractivity contribution in [1.29, 1.82) is 0 Å². The van der Waals surface area contributed by atoms with Gasteiger partial charge in [-0.1, -0.05) is 18.2 Å². The first-order chi connectivity index (χ1) is 12.3. The topological polar surface area (TPSA) is 34.6 Å². The third-order valence-corrected chi connectivity index (χ3v) is 5.11. The van der Waals surface area contributed by atoms with Crippen molar-refractivity contribution in [3.63, 3.8) is 0 Å². The van der Waals surface area contributed by atoms with Crippen LogP contribution >= 0.6 is 0 Å². The average molecular weight is 342 g/mol. The van der Waals surface area contributed by atoms with Crippen LogP contribution in [0.4, 0.5) is 4.39 Å². The minimum absolute atomic E-state index is 0.0963. The molecule has 0 amide bonds. The van der Waals surface area contributed by atoms with Gasteiger partial charge in [0.2, 0.25) is 0 Å². The molecule has 0 bridgehead atoms. The zero-order chi connectivity index (χ0) is 17.1. The first kappa shape index (κ1) is 16.6. The van der Waals surface area contributed by atoms with Crippen LogP contribution in [-0.2, 0) is 22.6 Å². The van der Waals surface area contributed by atoms with Gasteiger partial charge in [0.05, 0.1) is 25.4 Å². The van der Waals surface area contributed by atoms with E-state index >= 15 is 0 Å². The van der Waals surface area contributed by atoms with Gasteiger partial charge in [0.15, 0.2) is 0 Å². The number of ether oxygens (including phenoxy) is 2. The summed E-state index contributed by atoms with van der Waals surface area (Å²) < 4.78 is 25.6. The summed E-state index contributed by atoms with van der Waals surface area (Å²) in [6.45, 7) is 2.91. The molecule has 25 heavy (non-hydrogen) atoms. The van der Waals surface area contributed by atoms with E-state index in [-0.39, 0.29) is 18.0 Å². The van der Waals surface area contributed by atoms with E-state index in [0.29, 0.717) is 19.3 Å². The number of halogens is 1. The monoisotopic (exact) mass is 342 g/mol. The minimum atomic E-state index is -0.175. The molecule has 1 aromatic carbocycles. The van der Waals surface area contributed by atoms with Gasteiger partial charge in [0, 0.05) is 31.5 Å². The van der Waals surface area contributed by atoms with Crippen molar-refractivity contribution in [3.8, 4) is 0 Å². The molecule has 2 aromatic rings. The van der Waals surface area contributed by atoms with E-state index in [0.717, 1.165) is 37.1 Å². The number of aromatic nitrogens is 1. The number of morpholine rings is 1. The molecule has 1 aliphatic carbocycles. The highest BCUT2D eigenvalue weighted by Crippen LogP contribution is 2.33. The molecule has 0 unspecified atom stereocenters. The van der Waals surface area contributed by atoms with Gasteiger partial charge in [0.25, 0.3) is 0 Å². The van der Waals surface area contributed by atoms with E-state index in [1.807, 2.05) is 24.4 Å². The summed E-state index contributed by atoms with van der Waals surface area (Å²) in [7, 11) is 0. The van der Waals surface area contributed by atoms with Gasteiger partial charge in [-0.3, -0.25) is 9.88 Å². The lowest BCUT2D eigenvalue weighted by Crippen LogP contribution is -2.51. The predicted molar refractivity (Wildman–Crippen MR) is 92.4 cm³/mol. The highest BCUT2D eigenvalue weighted by Gasteiger charge is 2.43. The van der Waals surface area contributed by atoms with E-state index in [1.165, 1.54) is 6.07 Å². The Morgan fingerprint density at radius 1 is 1.20 bits per heavy atom. The molecule has 4 nitrogen and oxygen atoms in total. The lowest BCUT2D eigenvalue weighted by molar-refractivity contribution is -0.118. The standard InChI is InChI=1S/C20H23FN2O2/c21-17-5-1-3-15(11-17)13-23-9-10-24-20-18(23)6-7-19(20)25-14-16-4-2-8-22-12-16/h1-5,8,11-12,18-20H,6-7,9-10,13-14H2/t18-,19+,20+/m0/s1. The van der Waals surface area contributed by atoms with Gasteiger partial charge >= 0.3 is 0 Å². The summed E-state index contributed by atoms with van der Waals surface area (Å²) in [6, 6.07) is 11.2. The van der Waals surface area contributed by atoms with E-state index in [1.54, 1.807) is 18.3 Å². The third kappa shape index (κ3) is 3.89. The molecule has 1 aliphatic heterocycles. The van der Waals surface area contributed by atoms with E-state index < -0.39 is 0 Å². The van der Waals surface area contributed by atoms with Crippen LogP contribution in [0, 0.1) is 5.82 Å². The zero-order valence-electron chi connectivity index (χ0n) is 14.2. The summed E-state index contributed by atoms with van der Waals surface area (Å²) in [4.78, 5) is 6.54. The summed E-state index contributed by atoms with van der Waals surface area (Å²) >= 11 is 0. The smallest absolute Gasteiger partial charge is 0.123 e. The number of hydrogen-bond donors (Lipinski definition) is 0. The Labute approximate surface area is 147 Å². The minimum Gasteiger partial charge on any atom is -0.373 e. The Bertz CT molecular complexity index is 697. The molecule has 1 saturated heterocycles. The first-order valence-electron chi connectivity index (χ1n) is 8.90. The van der Waals surface area contributed by atoms with E-state index in [2.05, 4.69) is 9.88 Å². The number of rotatable bonds is 5. The number of fused-ring (bicyclic) bond motifs is 1. The van der Waals surface area contributed by atoms with E-state index in [9.17, 15) is 4.39 Å². The maximum atomic E-state index is 13.4. The van der Waals surface area contributed by atoms with Gasteiger partial charge in [-0.25, -0.2) is 4.39 Å². The molecule has 2 heterocycles. The Morgan fingerprint density at radius 3 is 2.96 bits per heavy atom. The maximum Gasteiger partial charge on any atom is 0.123 e. The zero-order valence-corrected chi connectivity index (χ0v) is 14.2. The van der Waals surface area contributed by atoms with Gasteiger partial charge in [-0.2, -0.15) is 0 Å². The second-order valence-electron chi connectivity index (χ2n) is 6.79. The highest BCUT2D eigenvalue weighted by molar-refractivity contribution is 5.17. The average Bonchev–Trinajstić information content (AvgIpc) is 3.05. The van der Waals surface area contributed by atoms with Gasteiger partial charge in [-0.15, -0.1) is 0 Å². The van der Waals surface area contributed by atoms with Crippen molar-refractivity contribution in [3.05, 3.63) is 65.7 Å². The fourth-order valence-corrected chi connectivity index (χ4v) is 3.92. The molecule has 3 atom stereocenters. The van der Waals surface area contributed by atoms with Crippen LogP contribution in [0.25, 0.3) is 0 Å². The third-order valence-electron chi connectivity index (χ3n) is 5.11. The van der Waals surface area contributed by atoms with Gasteiger partial charge in [-0.05, 0) is 42.2 Å². The van der Waals surface area contributed by atoms with Crippen LogP contribution < -0.4 is 0 Å². The van der Waals surface area contributed by atoms with Crippen LogP contribution in [0.2, 0.25) is 0 Å². The summed E-state index contributed by atoms with van der Waals surface area (Å²) in [5, 5.41) is 0. The van der Waals surface area contributed by atoms with Crippen LogP contribution in [0.1, 0.15) is 24.0 Å². The molecular weight excluding hydrogens is 319 g/mol. The first-order valence-corrected chi connectivity index (χ1v) is 8.90. The molecule has 2 fully saturated rings. The van der Waals surface area contributed by atoms with Crippen LogP contribution in [-0.4, -0.2) is 41.3 Å². The van der Waals surface area contributed by atoms with Crippen molar-refractivity contribution in [2.24, 2.45) is 0 Å². The van der Waals surface area contributed by atoms with Crippen molar-refractivity contribution < 1.29 is 13.9 Å². The fraction of sp³-hybridized carbons (Fsp3) is 0.450. The Morgan fingerprint density at radius 2 is 2.12 bits per heavy atom. The quantitative estimate of drug-likeness (QED) is 0.836. The SMILES string of the molecule is Fc1cccc(CN2CCO[C@H]3[C@H](OCc4cccnc4)CC[C@@H]32)c1. The van der Waals surface area contributed by atoms with Crippen LogP contribution in [0.5, 0.6) is 0 Å². The molecule has 2 aliphatic rings. The maximum absolute atomic E-state index is 13.4. The second kappa shape index (κ2) is 7.60. The Hall–Kier alpha value is -1.82. The number of pyridine rings is 1. The van der Waals surface area contributed by atoms with E-state index in [4.69, 9.17) is 9.47 Å². The van der Waals surface area contributed by atoms with Crippen molar-refractivity contribution in [2.45, 2.75) is 44.2 Å². The number of benzene rings is 1. The molecule has 0 N–H and O–H groups in total. The second-order valence-corrected chi connectivity index (χ2v) is 6.79. The Kier molecular flexibility index (Phi) is 5.06. The number of hydrogen-bond acceptors (Lipinski definition) is 4. The molecular formula is C20H23FN2O2. The molecule has 1 saturated carbocycles. The lowest BCUT2D eigenvalue weighted by Gasteiger charge is -2.39. The van der Waals surface area contributed by atoms with Crippen LogP contribution in [0.3, 0.4) is 0 Å². The van der Waals surface area contributed by atoms with Crippen LogP contribution in [0.15, 0.2) is 48.8 Å². The van der Waals surface area contributed by atoms with Crippen molar-refractivity contribution in [2.75, 3.05) is 13.2 Å². The molecule has 0 spiro atoms. The summed E-state index contributed by atoms with van der Waals surface area (Å²) in [5.41, 5.74) is 2.10. The molecule has 132 valence electrons. The van der Waals surface area contributed by atoms with Gasteiger partial charge < -0.3 is 9.47 Å². The highest BCUT2D eigenvalue weighted by atomic mass is 19.1. The van der Waals surface area contributed by atoms with Crippen molar-refractivity contribution in [1.82, 2.24) is 9.88 Å². The fourth-order valence-electron chi connectivity index (χ4n) is 3.92.